The van der Waals surface area contributed by atoms with Gasteiger partial charge in [0.2, 0.25) is 0 Å². The Labute approximate surface area is 153 Å². The van der Waals surface area contributed by atoms with Gasteiger partial charge in [-0.15, -0.1) is 0 Å². The molecule has 3 heterocycles. The van der Waals surface area contributed by atoms with Gasteiger partial charge in [-0.2, -0.15) is 32.9 Å². The molecule has 1 aromatic rings. The number of pyridine rings is 1. The number of anilines is 1. The van der Waals surface area contributed by atoms with Crippen molar-refractivity contribution in [3.05, 3.63) is 35.7 Å². The summed E-state index contributed by atoms with van der Waals surface area (Å²) in [6, 6.07) is 5.52. The summed E-state index contributed by atoms with van der Waals surface area (Å²) in [5.41, 5.74) is 0.594. The van der Waals surface area contributed by atoms with E-state index in [0.29, 0.717) is 38.3 Å². The lowest BCUT2D eigenvalue weighted by Crippen LogP contribution is -2.56. The van der Waals surface area contributed by atoms with E-state index in [0.717, 1.165) is 11.4 Å². The Kier molecular flexibility index (Phi) is 5.04. The van der Waals surface area contributed by atoms with Crippen LogP contribution in [-0.4, -0.2) is 56.0 Å². The molecule has 1 aromatic heterocycles. The number of hydrogen-bond acceptors (Lipinski definition) is 7. The molecule has 1 saturated heterocycles. The van der Waals surface area contributed by atoms with Crippen molar-refractivity contribution in [2.45, 2.75) is 19.4 Å². The average Bonchev–Trinajstić information content (AvgIpc) is 3.17. The van der Waals surface area contributed by atoms with Crippen molar-refractivity contribution >= 4 is 16.0 Å². The Morgan fingerprint density at radius 2 is 1.96 bits per heavy atom. The van der Waals surface area contributed by atoms with E-state index in [1.807, 2.05) is 24.8 Å². The lowest BCUT2D eigenvalue weighted by molar-refractivity contribution is 0.366. The van der Waals surface area contributed by atoms with Gasteiger partial charge in [0.1, 0.15) is 11.9 Å². The van der Waals surface area contributed by atoms with Crippen LogP contribution in [0.1, 0.15) is 19.4 Å². The quantitative estimate of drug-likeness (QED) is 0.826. The molecule has 26 heavy (non-hydrogen) atoms. The average molecular weight is 375 g/mol. The Bertz CT molecular complexity index is 861. The molecule has 0 radical (unpaired) electrons. The Morgan fingerprint density at radius 1 is 1.23 bits per heavy atom. The summed E-state index contributed by atoms with van der Waals surface area (Å²) in [6.07, 6.45) is 3.13. The van der Waals surface area contributed by atoms with E-state index in [2.05, 4.69) is 19.9 Å². The van der Waals surface area contributed by atoms with Crippen molar-refractivity contribution in [1.29, 1.82) is 5.26 Å². The van der Waals surface area contributed by atoms with Crippen LogP contribution in [0.3, 0.4) is 0 Å². The van der Waals surface area contributed by atoms with Gasteiger partial charge in [-0.25, -0.2) is 4.98 Å². The summed E-state index contributed by atoms with van der Waals surface area (Å²) in [7, 11) is -3.63. The number of nitriles is 1. The molecular weight excluding hydrogens is 354 g/mol. The van der Waals surface area contributed by atoms with Crippen LogP contribution in [-0.2, 0) is 10.2 Å². The minimum atomic E-state index is -3.63. The highest BCUT2D eigenvalue weighted by Gasteiger charge is 2.35. The van der Waals surface area contributed by atoms with Gasteiger partial charge in [-0.05, 0) is 31.6 Å². The zero-order chi connectivity index (χ0) is 18.8. The van der Waals surface area contributed by atoms with Crippen LogP contribution < -0.4 is 9.62 Å². The van der Waals surface area contributed by atoms with Gasteiger partial charge >= 0.3 is 0 Å². The van der Waals surface area contributed by atoms with Crippen molar-refractivity contribution in [3.63, 3.8) is 0 Å². The molecule has 1 fully saturated rings. The summed E-state index contributed by atoms with van der Waals surface area (Å²) in [5.74, 6) is 0.744. The molecule has 9 nitrogen and oxygen atoms in total. The number of hydrogen-bond donors (Lipinski definition) is 1. The van der Waals surface area contributed by atoms with Crippen LogP contribution in [0, 0.1) is 11.3 Å². The zero-order valence-electron chi connectivity index (χ0n) is 14.8. The summed E-state index contributed by atoms with van der Waals surface area (Å²) in [4.78, 5) is 6.27. The van der Waals surface area contributed by atoms with E-state index in [9.17, 15) is 8.42 Å². The standard InChI is InChI=1S/C16H21N7O2S/c1-16(2,14-11-19-20-12-14)21-26(24,25)23-7-5-22(6-8-23)15-4-3-13(9-17)10-18-15/h3-4,10-11,21H,5-8,12H2,1-2H3. The molecular formula is C16H21N7O2S. The number of azo groups is 1. The van der Waals surface area contributed by atoms with Crippen molar-refractivity contribution < 1.29 is 8.42 Å². The zero-order valence-corrected chi connectivity index (χ0v) is 15.6. The normalized spacial score (nSPS) is 18.7. The van der Waals surface area contributed by atoms with Crippen molar-refractivity contribution in [2.24, 2.45) is 10.2 Å². The first-order valence-corrected chi connectivity index (χ1v) is 9.72. The molecule has 0 saturated carbocycles. The number of piperazine rings is 1. The summed E-state index contributed by atoms with van der Waals surface area (Å²) in [5, 5.41) is 16.5. The second-order valence-electron chi connectivity index (χ2n) is 6.70. The SMILES string of the molecule is CC(C)(NS(=O)(=O)N1CCN(c2ccc(C#N)cn2)CC1)C1=CN=NC1. The fraction of sp³-hybridized carbons (Fsp3) is 0.500. The molecule has 0 bridgehead atoms. The number of rotatable bonds is 5. The first-order chi connectivity index (χ1) is 12.3. The molecule has 2 aliphatic rings. The van der Waals surface area contributed by atoms with Crippen LogP contribution in [0.5, 0.6) is 0 Å². The summed E-state index contributed by atoms with van der Waals surface area (Å²) < 4.78 is 29.7. The third-order valence-electron chi connectivity index (χ3n) is 4.50. The van der Waals surface area contributed by atoms with Crippen molar-refractivity contribution in [2.75, 3.05) is 37.6 Å². The molecule has 0 aromatic carbocycles. The topological polar surface area (TPSA) is 114 Å². The minimum absolute atomic E-state index is 0.362. The molecule has 138 valence electrons. The molecule has 0 unspecified atom stereocenters. The molecule has 0 aliphatic carbocycles. The minimum Gasteiger partial charge on any atom is -0.354 e. The Balaban J connectivity index is 1.62. The third kappa shape index (κ3) is 3.90. The van der Waals surface area contributed by atoms with E-state index in [4.69, 9.17) is 5.26 Å². The molecule has 0 spiro atoms. The van der Waals surface area contributed by atoms with Crippen LogP contribution in [0.15, 0.2) is 40.3 Å². The molecule has 3 rings (SSSR count). The largest absolute Gasteiger partial charge is 0.354 e. The van der Waals surface area contributed by atoms with Gasteiger partial charge in [0.15, 0.2) is 0 Å². The lowest BCUT2D eigenvalue weighted by atomic mass is 9.97. The highest BCUT2D eigenvalue weighted by Crippen LogP contribution is 2.23. The summed E-state index contributed by atoms with van der Waals surface area (Å²) >= 11 is 0. The number of nitrogens with one attached hydrogen (secondary N) is 1. The van der Waals surface area contributed by atoms with Crippen molar-refractivity contribution in [3.8, 4) is 6.07 Å². The van der Waals surface area contributed by atoms with E-state index >= 15 is 0 Å². The first kappa shape index (κ1) is 18.4. The van der Waals surface area contributed by atoms with Crippen LogP contribution >= 0.6 is 0 Å². The van der Waals surface area contributed by atoms with E-state index < -0.39 is 15.7 Å². The fourth-order valence-electron chi connectivity index (χ4n) is 2.88. The molecule has 2 aliphatic heterocycles. The highest BCUT2D eigenvalue weighted by atomic mass is 32.2. The first-order valence-electron chi connectivity index (χ1n) is 8.28. The smallest absolute Gasteiger partial charge is 0.280 e. The Morgan fingerprint density at radius 3 is 2.50 bits per heavy atom. The van der Waals surface area contributed by atoms with Gasteiger partial charge in [0.25, 0.3) is 10.2 Å². The van der Waals surface area contributed by atoms with Crippen LogP contribution in [0.2, 0.25) is 0 Å². The maximum atomic E-state index is 12.7. The van der Waals surface area contributed by atoms with Gasteiger partial charge < -0.3 is 4.90 Å². The second kappa shape index (κ2) is 7.11. The second-order valence-corrected chi connectivity index (χ2v) is 8.38. The van der Waals surface area contributed by atoms with E-state index in [1.54, 1.807) is 18.3 Å². The molecule has 0 amide bonds. The monoisotopic (exact) mass is 375 g/mol. The van der Waals surface area contributed by atoms with Crippen molar-refractivity contribution in [1.82, 2.24) is 14.0 Å². The van der Waals surface area contributed by atoms with Gasteiger partial charge in [0, 0.05) is 32.4 Å². The maximum absolute atomic E-state index is 12.7. The van der Waals surface area contributed by atoms with Gasteiger partial charge in [-0.1, -0.05) is 0 Å². The lowest BCUT2D eigenvalue weighted by Gasteiger charge is -2.37. The predicted octanol–water partition coefficient (Wildman–Crippen LogP) is 1.04. The van der Waals surface area contributed by atoms with Crippen LogP contribution in [0.4, 0.5) is 5.82 Å². The third-order valence-corrected chi connectivity index (χ3v) is 6.32. The molecule has 1 N–H and O–H groups in total. The van der Waals surface area contributed by atoms with Crippen LogP contribution in [0.25, 0.3) is 0 Å². The molecule has 10 heteroatoms. The Hall–Kier alpha value is -2.35. The highest BCUT2D eigenvalue weighted by molar-refractivity contribution is 7.87. The number of aromatic nitrogens is 1. The molecule has 0 atom stereocenters. The maximum Gasteiger partial charge on any atom is 0.280 e. The summed E-state index contributed by atoms with van der Waals surface area (Å²) in [6.45, 7) is 5.82. The number of nitrogens with zero attached hydrogens (tertiary/aromatic N) is 6. The van der Waals surface area contributed by atoms with E-state index in [-0.39, 0.29) is 0 Å². The predicted molar refractivity (Wildman–Crippen MR) is 96.7 cm³/mol. The van der Waals surface area contributed by atoms with Gasteiger partial charge in [-0.3, -0.25) is 0 Å². The van der Waals surface area contributed by atoms with E-state index in [1.165, 1.54) is 10.5 Å². The van der Waals surface area contributed by atoms with Gasteiger partial charge in [0.05, 0.1) is 23.8 Å². The fourth-order valence-corrected chi connectivity index (χ4v) is 4.43.